The largest absolute Gasteiger partial charge is 0.417 e. The number of carbonyl (C=O) groups is 1. The molecule has 1 saturated heterocycles. The Morgan fingerprint density at radius 3 is 2.33 bits per heavy atom. The lowest BCUT2D eigenvalue weighted by Gasteiger charge is -2.50. The maximum absolute atomic E-state index is 13.6. The average Bonchev–Trinajstić information content (AvgIpc) is 3.69. The lowest BCUT2D eigenvalue weighted by Crippen LogP contribution is -2.56. The van der Waals surface area contributed by atoms with Gasteiger partial charge < -0.3 is 10.2 Å². The van der Waals surface area contributed by atoms with Gasteiger partial charge in [-0.3, -0.25) is 9.69 Å². The number of hydrogen-bond donors (Lipinski definition) is 1. The van der Waals surface area contributed by atoms with Crippen molar-refractivity contribution in [2.45, 2.75) is 69.1 Å². The normalized spacial score (nSPS) is 19.0. The topological polar surface area (TPSA) is 39.9 Å². The molecule has 3 aromatic carbocycles. The highest BCUT2D eigenvalue weighted by Gasteiger charge is 2.45. The zero-order valence-electron chi connectivity index (χ0n) is 25.3. The molecular weight excluding hydrogens is 597 g/mol. The second kappa shape index (κ2) is 13.2. The molecule has 1 heterocycles. The predicted molar refractivity (Wildman–Crippen MR) is 172 cm³/mol. The molecule has 1 amide bonds. The molecule has 6 rings (SSSR count). The van der Waals surface area contributed by atoms with Gasteiger partial charge in [-0.1, -0.05) is 66.9 Å². The van der Waals surface area contributed by atoms with Crippen molar-refractivity contribution in [2.24, 2.45) is 5.92 Å². The molecule has 2 aliphatic carbocycles. The van der Waals surface area contributed by atoms with Crippen molar-refractivity contribution >= 4 is 28.9 Å². The van der Waals surface area contributed by atoms with Crippen molar-refractivity contribution in [3.8, 4) is 11.1 Å². The van der Waals surface area contributed by atoms with Crippen molar-refractivity contribution in [3.63, 3.8) is 0 Å². The summed E-state index contributed by atoms with van der Waals surface area (Å²) in [7, 11) is 0. The van der Waals surface area contributed by atoms with Crippen molar-refractivity contribution < 1.29 is 18.0 Å². The molecule has 1 aliphatic heterocycles. The number of anilines is 1. The van der Waals surface area contributed by atoms with Crippen LogP contribution in [0, 0.1) is 12.5 Å². The molecule has 1 N–H and O–H groups in total. The Bertz CT molecular complexity index is 1550. The number of nitrogens with zero attached hydrogens (tertiary/aromatic N) is 3. The number of likely N-dealkylation sites (tertiary alicyclic amines) is 1. The van der Waals surface area contributed by atoms with Crippen LogP contribution in [0.25, 0.3) is 16.0 Å². The highest BCUT2D eigenvalue weighted by Crippen LogP contribution is 2.44. The monoisotopic (exact) mass is 634 g/mol. The summed E-state index contributed by atoms with van der Waals surface area (Å²) in [5.74, 6) is 0.168. The van der Waals surface area contributed by atoms with Crippen LogP contribution < -0.4 is 5.32 Å². The van der Waals surface area contributed by atoms with E-state index in [1.54, 1.807) is 6.07 Å². The Morgan fingerprint density at radius 2 is 1.69 bits per heavy atom. The van der Waals surface area contributed by atoms with E-state index in [-0.39, 0.29) is 23.7 Å². The Hall–Kier alpha value is -3.38. The van der Waals surface area contributed by atoms with Gasteiger partial charge in [-0.15, -0.1) is 0 Å². The first-order valence-corrected chi connectivity index (χ1v) is 16.3. The van der Waals surface area contributed by atoms with Gasteiger partial charge in [-0.05, 0) is 85.4 Å². The van der Waals surface area contributed by atoms with Crippen molar-refractivity contribution in [3.05, 3.63) is 94.3 Å². The molecule has 45 heavy (non-hydrogen) atoms. The van der Waals surface area contributed by atoms with Crippen LogP contribution in [0.1, 0.15) is 62.5 Å². The number of halogens is 4. The molecule has 236 valence electrons. The summed E-state index contributed by atoms with van der Waals surface area (Å²) < 4.78 is 40.5. The van der Waals surface area contributed by atoms with Gasteiger partial charge in [-0.25, -0.2) is 4.85 Å². The van der Waals surface area contributed by atoms with Crippen LogP contribution in [0.5, 0.6) is 0 Å². The molecule has 2 saturated carbocycles. The van der Waals surface area contributed by atoms with E-state index in [0.29, 0.717) is 17.6 Å². The third-order valence-corrected chi connectivity index (χ3v) is 10.2. The minimum absolute atomic E-state index is 0.0821. The summed E-state index contributed by atoms with van der Waals surface area (Å²) in [6.07, 6.45) is 4.38. The summed E-state index contributed by atoms with van der Waals surface area (Å²) in [6, 6.07) is 20.2. The van der Waals surface area contributed by atoms with Crippen LogP contribution in [0.3, 0.4) is 0 Å². The van der Waals surface area contributed by atoms with Gasteiger partial charge in [0, 0.05) is 36.9 Å². The quantitative estimate of drug-likeness (QED) is 0.239. The molecule has 3 aliphatic rings. The van der Waals surface area contributed by atoms with E-state index < -0.39 is 16.8 Å². The minimum atomic E-state index is -4.61. The third kappa shape index (κ3) is 7.22. The maximum atomic E-state index is 13.6. The molecule has 0 radical (unpaired) electrons. The molecule has 0 unspecified atom stereocenters. The number of carbonyl (C=O) groups excluding carboxylic acids is 1. The minimum Gasteiger partial charge on any atom is -0.325 e. The van der Waals surface area contributed by atoms with Crippen LogP contribution in [0.4, 0.5) is 24.5 Å². The van der Waals surface area contributed by atoms with Crippen molar-refractivity contribution in [1.82, 2.24) is 9.80 Å². The van der Waals surface area contributed by atoms with Gasteiger partial charge in [0.1, 0.15) is 0 Å². The van der Waals surface area contributed by atoms with E-state index >= 15 is 0 Å². The second-order valence-corrected chi connectivity index (χ2v) is 13.2. The van der Waals surface area contributed by atoms with Gasteiger partial charge in [0.05, 0.1) is 23.7 Å². The lowest BCUT2D eigenvalue weighted by atomic mass is 9.78. The smallest absolute Gasteiger partial charge is 0.325 e. The zero-order valence-corrected chi connectivity index (χ0v) is 26.0. The van der Waals surface area contributed by atoms with E-state index in [0.717, 1.165) is 68.1 Å². The Morgan fingerprint density at radius 1 is 0.978 bits per heavy atom. The first-order valence-electron chi connectivity index (χ1n) is 15.9. The molecule has 9 heteroatoms. The van der Waals surface area contributed by atoms with E-state index in [4.69, 9.17) is 18.2 Å². The number of amides is 1. The highest BCUT2D eigenvalue weighted by molar-refractivity contribution is 6.31. The Labute approximate surface area is 268 Å². The van der Waals surface area contributed by atoms with E-state index in [1.165, 1.54) is 37.8 Å². The van der Waals surface area contributed by atoms with Crippen molar-refractivity contribution in [1.29, 1.82) is 0 Å². The number of hydrogen-bond acceptors (Lipinski definition) is 3. The van der Waals surface area contributed by atoms with E-state index in [2.05, 4.69) is 44.2 Å². The summed E-state index contributed by atoms with van der Waals surface area (Å²) in [5.41, 5.74) is 2.49. The SMILES string of the molecule is [C-]#[N+]c1cccc(-c2ccc(C3(N(CC(=O)Nc4ccc(Cl)c(C(F)(F)F)c4)CC4CC4)CCN(C4CCCC4)CC3)cc2)c1. The number of piperidine rings is 1. The summed E-state index contributed by atoms with van der Waals surface area (Å²) in [5, 5.41) is 2.34. The van der Waals surface area contributed by atoms with Gasteiger partial charge in [-0.2, -0.15) is 13.2 Å². The third-order valence-electron chi connectivity index (χ3n) is 9.87. The first kappa shape index (κ1) is 31.6. The Kier molecular flexibility index (Phi) is 9.24. The number of alkyl halides is 3. The average molecular weight is 635 g/mol. The molecular formula is C36H38ClF3N4O. The molecule has 0 bridgehead atoms. The molecule has 0 atom stereocenters. The van der Waals surface area contributed by atoms with E-state index in [1.807, 2.05) is 18.2 Å². The highest BCUT2D eigenvalue weighted by atomic mass is 35.5. The fourth-order valence-electron chi connectivity index (χ4n) is 7.24. The molecule has 0 aromatic heterocycles. The van der Waals surface area contributed by atoms with Crippen molar-refractivity contribution in [2.75, 3.05) is 31.5 Å². The number of nitrogens with one attached hydrogen (secondary N) is 1. The van der Waals surface area contributed by atoms with Gasteiger partial charge in [0.25, 0.3) is 0 Å². The van der Waals surface area contributed by atoms with Gasteiger partial charge >= 0.3 is 6.18 Å². The predicted octanol–water partition coefficient (Wildman–Crippen LogP) is 9.16. The number of rotatable bonds is 9. The first-order chi connectivity index (χ1) is 21.6. The summed E-state index contributed by atoms with van der Waals surface area (Å²) in [4.78, 5) is 22.1. The van der Waals surface area contributed by atoms with E-state index in [9.17, 15) is 18.0 Å². The van der Waals surface area contributed by atoms with Crippen LogP contribution in [0.15, 0.2) is 66.7 Å². The molecule has 5 nitrogen and oxygen atoms in total. The lowest BCUT2D eigenvalue weighted by molar-refractivity contribution is -0.137. The fraction of sp³-hybridized carbons (Fsp3) is 0.444. The second-order valence-electron chi connectivity index (χ2n) is 12.8. The molecule has 0 spiro atoms. The van der Waals surface area contributed by atoms with Crippen LogP contribution >= 0.6 is 11.6 Å². The zero-order chi connectivity index (χ0) is 31.6. The maximum Gasteiger partial charge on any atom is 0.417 e. The van der Waals surface area contributed by atoms with Gasteiger partial charge in [0.2, 0.25) is 5.91 Å². The molecule has 3 fully saturated rings. The standard InChI is InChI=1S/C36H38ClF3N4O/c1-41-29-6-4-5-27(21-29)26-11-13-28(14-12-26)35(17-19-43(20-18-35)31-7-2-3-8-31)44(23-25-9-10-25)24-34(45)42-30-15-16-33(37)32(22-30)36(38,39)40/h4-6,11-16,21-22,25,31H,2-3,7-10,17-20,23-24H2,(H,42,45). The van der Waals surface area contributed by atoms with Gasteiger partial charge in [0.15, 0.2) is 5.69 Å². The Balaban J connectivity index is 1.29. The fourth-order valence-corrected chi connectivity index (χ4v) is 7.47. The van der Waals surface area contributed by atoms with Crippen LogP contribution in [-0.4, -0.2) is 47.9 Å². The van der Waals surface area contributed by atoms with Crippen LogP contribution in [-0.2, 0) is 16.5 Å². The van der Waals surface area contributed by atoms with Crippen LogP contribution in [0.2, 0.25) is 5.02 Å². The summed E-state index contributed by atoms with van der Waals surface area (Å²) in [6.45, 7) is 10.1. The summed E-state index contributed by atoms with van der Waals surface area (Å²) >= 11 is 5.82. The molecule has 3 aromatic rings. The number of benzene rings is 3.